The van der Waals surface area contributed by atoms with E-state index in [0.29, 0.717) is 17.5 Å². The zero-order valence-electron chi connectivity index (χ0n) is 65.2. The standard InChI is InChI=1S/C38H23N3S2.C36H21N5S2.C32H19N3S2/c1-4-12-24(13-5-1)30-23-31(40-37(39-30)25-14-6-2-7-15-25)26-20-21-32-29(22-26)36-35(41(32)27-16-8-3-9-17-27)34-28-18-10-11-19-33(28)42-38(34)43-36;1-3-9-22(10-4-1)33-38-34(23-17-19-37-20-18-23)40-35(39-33)24-15-16-28-27(21-24)32-31(41(28)25-11-5-2-6-12-25)30-26-13-7-8-14-29(26)42-36(30)43-32;1-2-7-22(8-3-1)35-27-14-13-21(26-11-6-10-25(34-26)20-15-17-33-18-16-20)19-24(27)31-30(35)29-23-9-4-5-12-28(23)36-32(29)37-31/h1-23H;1-21H;1-19H. The Balaban J connectivity index is 0.000000104. The van der Waals surface area contributed by atoms with Crippen molar-refractivity contribution < 1.29 is 0 Å². The molecule has 0 saturated heterocycles. The number of rotatable bonds is 11. The summed E-state index contributed by atoms with van der Waals surface area (Å²) in [6.07, 6.45) is 7.15. The Hall–Kier alpha value is -14.7. The predicted octanol–water partition coefficient (Wildman–Crippen LogP) is 30.1. The molecule has 0 atom stereocenters. The van der Waals surface area contributed by atoms with Crippen molar-refractivity contribution >= 4 is 190 Å². The van der Waals surface area contributed by atoms with Gasteiger partial charge >= 0.3 is 0 Å². The van der Waals surface area contributed by atoms with Crippen LogP contribution < -0.4 is 0 Å². The summed E-state index contributed by atoms with van der Waals surface area (Å²) >= 11 is 11.3. The van der Waals surface area contributed by atoms with Crippen LogP contribution in [0.5, 0.6) is 0 Å². The molecule has 0 radical (unpaired) electrons. The second kappa shape index (κ2) is 30.2. The number of fused-ring (bicyclic) bond motifs is 21. The highest BCUT2D eigenvalue weighted by atomic mass is 32.2. The molecule has 17 heteroatoms. The summed E-state index contributed by atoms with van der Waals surface area (Å²) in [5, 5.41) is 11.7. The molecule has 0 unspecified atom stereocenters. The van der Waals surface area contributed by atoms with Gasteiger partial charge in [-0.2, -0.15) is 0 Å². The van der Waals surface area contributed by atoms with Gasteiger partial charge in [-0.05, 0) is 140 Å². The second-order valence-electron chi connectivity index (χ2n) is 30.1. The van der Waals surface area contributed by atoms with Crippen molar-refractivity contribution in [2.45, 2.75) is 0 Å². The number of para-hydroxylation sites is 3. The van der Waals surface area contributed by atoms with Gasteiger partial charge in [0.15, 0.2) is 23.3 Å². The molecule has 578 valence electrons. The van der Waals surface area contributed by atoms with Gasteiger partial charge in [-0.1, -0.05) is 218 Å². The highest BCUT2D eigenvalue weighted by molar-refractivity contribution is 7.46. The summed E-state index contributed by atoms with van der Waals surface area (Å²) in [5.41, 5.74) is 22.9. The molecule has 0 aliphatic heterocycles. The molecule has 0 fully saturated rings. The third-order valence-corrected chi connectivity index (χ3v) is 30.2. The summed E-state index contributed by atoms with van der Waals surface area (Å²) in [6.45, 7) is 0. The van der Waals surface area contributed by atoms with E-state index in [1.807, 2.05) is 159 Å². The largest absolute Gasteiger partial charge is 0.308 e. The van der Waals surface area contributed by atoms with Crippen LogP contribution in [0.2, 0.25) is 0 Å². The smallest absolute Gasteiger partial charge is 0.164 e. The van der Waals surface area contributed by atoms with Crippen LogP contribution in [0, 0.1) is 0 Å². The topological polar surface area (TPSA) is 118 Å². The maximum Gasteiger partial charge on any atom is 0.164 e. The Morgan fingerprint density at radius 2 is 0.496 bits per heavy atom. The highest BCUT2D eigenvalue weighted by Gasteiger charge is 2.27. The Morgan fingerprint density at radius 1 is 0.195 bits per heavy atom. The molecule has 0 amide bonds. The van der Waals surface area contributed by atoms with Gasteiger partial charge in [-0.15, -0.1) is 68.0 Å². The fourth-order valence-electron chi connectivity index (χ4n) is 17.2. The molecule has 123 heavy (non-hydrogen) atoms. The maximum absolute atomic E-state index is 5.11. The summed E-state index contributed by atoms with van der Waals surface area (Å²) in [5.74, 6) is 2.65. The van der Waals surface area contributed by atoms with Crippen LogP contribution in [-0.4, -0.2) is 53.6 Å². The van der Waals surface area contributed by atoms with Gasteiger partial charge in [-0.3, -0.25) is 9.97 Å². The van der Waals surface area contributed by atoms with Gasteiger partial charge in [0, 0.05) is 149 Å². The second-order valence-corrected chi connectivity index (χ2v) is 37.1. The molecule has 14 heterocycles. The summed E-state index contributed by atoms with van der Waals surface area (Å²) < 4.78 is 19.3. The first-order valence-electron chi connectivity index (χ1n) is 40.4. The highest BCUT2D eigenvalue weighted by Crippen LogP contribution is 2.53. The summed E-state index contributed by atoms with van der Waals surface area (Å²) in [7, 11) is 0. The van der Waals surface area contributed by atoms with Crippen molar-refractivity contribution in [3.8, 4) is 108 Å². The van der Waals surface area contributed by atoms with Gasteiger partial charge < -0.3 is 13.7 Å². The number of hydrogen-bond donors (Lipinski definition) is 0. The lowest BCUT2D eigenvalue weighted by atomic mass is 10.1. The predicted molar refractivity (Wildman–Crippen MR) is 520 cm³/mol. The van der Waals surface area contributed by atoms with E-state index >= 15 is 0 Å². The zero-order valence-corrected chi connectivity index (χ0v) is 70.1. The SMILES string of the molecule is c1ccc(-c2cc(-c3ccc4c(c3)c3sc5sc6ccccc6c5c3n4-c3ccccc3)nc(-c3ccccc3)n2)cc1.c1ccc(-c2nc(-c3ccncc3)nc(-c3ccc4c(c3)c3sc5sc6ccccc6c5c3n4-c3ccccc3)n2)cc1.c1ccc(-n2c3ccc(-c4cccc(-c5ccncc5)n4)cc3c3sc4sc5ccccc5c4c32)cc1. The molecular weight excluding hydrogens is 1620 g/mol. The zero-order chi connectivity index (χ0) is 81.0. The van der Waals surface area contributed by atoms with Crippen LogP contribution in [0.25, 0.3) is 229 Å². The molecule has 14 aromatic heterocycles. The normalized spacial score (nSPS) is 11.7. The van der Waals surface area contributed by atoms with Crippen LogP contribution in [0.15, 0.2) is 383 Å². The van der Waals surface area contributed by atoms with Gasteiger partial charge in [0.1, 0.15) is 0 Å². The van der Waals surface area contributed by atoms with E-state index < -0.39 is 0 Å². The van der Waals surface area contributed by atoms with E-state index in [0.717, 1.165) is 78.8 Å². The van der Waals surface area contributed by atoms with Gasteiger partial charge in [0.2, 0.25) is 0 Å². The maximum atomic E-state index is 5.11. The molecule has 12 aromatic carbocycles. The van der Waals surface area contributed by atoms with E-state index in [2.05, 4.69) is 303 Å². The lowest BCUT2D eigenvalue weighted by molar-refractivity contribution is 1.07. The van der Waals surface area contributed by atoms with E-state index in [1.54, 1.807) is 12.4 Å². The Morgan fingerprint density at radius 3 is 0.911 bits per heavy atom. The molecular formula is C106H63N11S6. The molecule has 0 N–H and O–H groups in total. The molecule has 26 aromatic rings. The third kappa shape index (κ3) is 12.6. The minimum atomic E-state index is 0.626. The van der Waals surface area contributed by atoms with Crippen LogP contribution in [0.1, 0.15) is 0 Å². The van der Waals surface area contributed by atoms with Crippen molar-refractivity contribution in [2.24, 2.45) is 0 Å². The van der Waals surface area contributed by atoms with E-state index in [9.17, 15) is 0 Å². The van der Waals surface area contributed by atoms with E-state index in [-0.39, 0.29) is 0 Å². The van der Waals surface area contributed by atoms with Crippen LogP contribution >= 0.6 is 68.0 Å². The van der Waals surface area contributed by atoms with Crippen molar-refractivity contribution in [3.63, 3.8) is 0 Å². The quantitative estimate of drug-likeness (QED) is 0.126. The minimum absolute atomic E-state index is 0.626. The molecule has 26 rings (SSSR count). The Labute approximate surface area is 727 Å². The van der Waals surface area contributed by atoms with Crippen molar-refractivity contribution in [1.29, 1.82) is 0 Å². The first kappa shape index (κ1) is 72.4. The molecule has 0 aliphatic carbocycles. The number of pyridine rings is 3. The molecule has 0 aliphatic rings. The monoisotopic (exact) mass is 1680 g/mol. The van der Waals surface area contributed by atoms with E-state index in [4.69, 9.17) is 29.9 Å². The first-order valence-corrected chi connectivity index (χ1v) is 45.3. The van der Waals surface area contributed by atoms with Crippen molar-refractivity contribution in [3.05, 3.63) is 383 Å². The first-order chi connectivity index (χ1) is 61.0. The Kier molecular flexibility index (Phi) is 17.8. The number of nitrogens with zero attached hydrogens (tertiary/aromatic N) is 11. The summed E-state index contributed by atoms with van der Waals surface area (Å²) in [4.78, 5) is 38.3. The Bertz CT molecular complexity index is 8090. The average molecular weight is 1680 g/mol. The van der Waals surface area contributed by atoms with Crippen molar-refractivity contribution in [1.82, 2.24) is 53.6 Å². The van der Waals surface area contributed by atoms with Crippen LogP contribution in [0.4, 0.5) is 0 Å². The van der Waals surface area contributed by atoms with Gasteiger partial charge in [-0.25, -0.2) is 29.9 Å². The number of hydrogen-bond acceptors (Lipinski definition) is 14. The molecule has 11 nitrogen and oxygen atoms in total. The summed E-state index contributed by atoms with van der Waals surface area (Å²) in [6, 6.07) is 125. The number of benzene rings is 12. The van der Waals surface area contributed by atoms with Crippen LogP contribution in [-0.2, 0) is 0 Å². The van der Waals surface area contributed by atoms with Crippen LogP contribution in [0.3, 0.4) is 0 Å². The third-order valence-electron chi connectivity index (χ3n) is 22.8. The fraction of sp³-hybridized carbons (Fsp3) is 0. The van der Waals surface area contributed by atoms with Gasteiger partial charge in [0.25, 0.3) is 0 Å². The molecule has 0 spiro atoms. The number of aromatic nitrogens is 11. The van der Waals surface area contributed by atoms with Crippen molar-refractivity contribution in [2.75, 3.05) is 0 Å². The fourth-order valence-corrected chi connectivity index (χ4v) is 25.2. The lowest BCUT2D eigenvalue weighted by Gasteiger charge is -2.10. The number of thiophene rings is 6. The average Bonchev–Trinajstić information content (AvgIpc) is 1.55. The molecule has 0 bridgehead atoms. The van der Waals surface area contributed by atoms with E-state index in [1.165, 1.54) is 133 Å². The minimum Gasteiger partial charge on any atom is -0.308 e. The lowest BCUT2D eigenvalue weighted by Crippen LogP contribution is -2.00. The van der Waals surface area contributed by atoms with Gasteiger partial charge in [0.05, 0.1) is 82.0 Å². The molecule has 0 saturated carbocycles.